The molecule has 1 saturated heterocycles. The number of aromatic hydroxyl groups is 1. The zero-order chi connectivity index (χ0) is 21.0. The molecule has 1 unspecified atom stereocenters. The third-order valence-electron chi connectivity index (χ3n) is 4.11. The monoisotopic (exact) mass is 412 g/mol. The summed E-state index contributed by atoms with van der Waals surface area (Å²) in [6.07, 6.45) is 1.17. The van der Waals surface area contributed by atoms with Crippen LogP contribution in [-0.4, -0.2) is 33.4 Å². The lowest BCUT2D eigenvalue weighted by Crippen LogP contribution is -2.25. The fourth-order valence-corrected chi connectivity index (χ4v) is 3.41. The van der Waals surface area contributed by atoms with Crippen LogP contribution >= 0.6 is 11.8 Å². The molecule has 0 radical (unpaired) electrons. The maximum atomic E-state index is 12.2. The summed E-state index contributed by atoms with van der Waals surface area (Å²) in [6.45, 7) is 3.63. The number of carbonyl (C=O) groups excluding carboxylic acids is 1. The van der Waals surface area contributed by atoms with Crippen LogP contribution in [0.3, 0.4) is 0 Å². The highest BCUT2D eigenvalue weighted by molar-refractivity contribution is 8.18. The Morgan fingerprint density at radius 1 is 1.28 bits per heavy atom. The van der Waals surface area contributed by atoms with E-state index in [0.29, 0.717) is 27.9 Å². The van der Waals surface area contributed by atoms with Crippen LogP contribution in [-0.2, 0) is 9.59 Å². The molecule has 1 aliphatic heterocycles. The van der Waals surface area contributed by atoms with Crippen LogP contribution in [0.2, 0.25) is 0 Å². The number of aliphatic carboxylic acids is 1. The lowest BCUT2D eigenvalue weighted by atomic mass is 10.2. The average molecular weight is 412 g/mol. The Labute approximate surface area is 172 Å². The first-order chi connectivity index (χ1) is 13.9. The molecule has 1 fully saturated rings. The summed E-state index contributed by atoms with van der Waals surface area (Å²) < 4.78 is 5.43. The van der Waals surface area contributed by atoms with Gasteiger partial charge in [0, 0.05) is 0 Å². The number of hydrogen-bond acceptors (Lipinski definition) is 6. The minimum absolute atomic E-state index is 0.0395. The minimum Gasteiger partial charge on any atom is -0.506 e. The molecule has 29 heavy (non-hydrogen) atoms. The molecule has 8 heteroatoms. The molecule has 0 spiro atoms. The smallest absolute Gasteiger partial charge is 0.344 e. The third kappa shape index (κ3) is 5.17. The molecular formula is C21H20N2O5S. The number of nitrogens with one attached hydrogen (secondary N) is 1. The molecule has 3 rings (SSSR count). The highest BCUT2D eigenvalue weighted by Gasteiger charge is 2.24. The Balaban J connectivity index is 1.74. The summed E-state index contributed by atoms with van der Waals surface area (Å²) in [5.74, 6) is -0.804. The van der Waals surface area contributed by atoms with Crippen molar-refractivity contribution in [1.29, 1.82) is 0 Å². The van der Waals surface area contributed by atoms with Gasteiger partial charge in [0.15, 0.2) is 11.3 Å². The summed E-state index contributed by atoms with van der Waals surface area (Å²) in [5, 5.41) is 22.0. The number of aliphatic imine (C=N–C) groups is 1. The van der Waals surface area contributed by atoms with Crippen LogP contribution < -0.4 is 10.1 Å². The largest absolute Gasteiger partial charge is 0.506 e. The van der Waals surface area contributed by atoms with Gasteiger partial charge in [0.2, 0.25) is 0 Å². The van der Waals surface area contributed by atoms with Crippen LogP contribution in [0.1, 0.15) is 24.5 Å². The summed E-state index contributed by atoms with van der Waals surface area (Å²) in [4.78, 5) is 28.1. The first kappa shape index (κ1) is 20.5. The van der Waals surface area contributed by atoms with E-state index in [1.807, 2.05) is 6.92 Å². The number of amides is 1. The fraction of sp³-hybridized carbons (Fsp3) is 0.190. The number of phenols is 1. The lowest BCUT2D eigenvalue weighted by Gasteiger charge is -2.13. The van der Waals surface area contributed by atoms with E-state index in [2.05, 4.69) is 10.3 Å². The predicted molar refractivity (Wildman–Crippen MR) is 112 cm³/mol. The Morgan fingerprint density at radius 3 is 2.66 bits per heavy atom. The molecule has 7 nitrogen and oxygen atoms in total. The first-order valence-electron chi connectivity index (χ1n) is 8.94. The number of phenolic OH excluding ortho intramolecular Hbond substituents is 1. The van der Waals surface area contributed by atoms with Crippen molar-refractivity contribution in [3.05, 3.63) is 58.5 Å². The summed E-state index contributed by atoms with van der Waals surface area (Å²) in [5.41, 5.74) is 2.10. The molecule has 2 aromatic carbocycles. The van der Waals surface area contributed by atoms with Crippen molar-refractivity contribution in [2.75, 3.05) is 0 Å². The van der Waals surface area contributed by atoms with Gasteiger partial charge >= 0.3 is 5.97 Å². The Bertz CT molecular complexity index is 999. The quantitative estimate of drug-likeness (QED) is 0.622. The van der Waals surface area contributed by atoms with E-state index in [4.69, 9.17) is 9.84 Å². The van der Waals surface area contributed by atoms with Crippen LogP contribution in [0, 0.1) is 6.92 Å². The van der Waals surface area contributed by atoms with Crippen molar-refractivity contribution in [2.24, 2.45) is 4.99 Å². The van der Waals surface area contributed by atoms with Gasteiger partial charge in [-0.3, -0.25) is 4.79 Å². The number of carbonyl (C=O) groups is 2. The van der Waals surface area contributed by atoms with E-state index < -0.39 is 12.1 Å². The second kappa shape index (κ2) is 8.83. The van der Waals surface area contributed by atoms with Crippen molar-refractivity contribution >= 4 is 40.6 Å². The van der Waals surface area contributed by atoms with E-state index in [1.54, 1.807) is 55.5 Å². The molecular weight excluding hydrogens is 392 g/mol. The molecule has 1 amide bonds. The maximum absolute atomic E-state index is 12.2. The number of rotatable bonds is 6. The number of aryl methyl sites for hydroxylation is 1. The number of benzene rings is 2. The number of carboxylic acids is 1. The Morgan fingerprint density at radius 2 is 2.00 bits per heavy atom. The highest BCUT2D eigenvalue weighted by Crippen LogP contribution is 2.32. The molecule has 150 valence electrons. The number of carboxylic acid groups (broad SMARTS) is 1. The molecule has 2 aromatic rings. The zero-order valence-electron chi connectivity index (χ0n) is 15.9. The fourth-order valence-electron chi connectivity index (χ4n) is 2.58. The summed E-state index contributed by atoms with van der Waals surface area (Å²) >= 11 is 1.18. The van der Waals surface area contributed by atoms with Crippen molar-refractivity contribution in [1.82, 2.24) is 5.32 Å². The van der Waals surface area contributed by atoms with Crippen molar-refractivity contribution in [3.8, 4) is 11.5 Å². The molecule has 0 aliphatic carbocycles. The van der Waals surface area contributed by atoms with Crippen LogP contribution in [0.15, 0.2) is 52.4 Å². The van der Waals surface area contributed by atoms with E-state index in [1.165, 1.54) is 11.8 Å². The summed E-state index contributed by atoms with van der Waals surface area (Å²) in [6, 6.07) is 11.9. The van der Waals surface area contributed by atoms with E-state index in [-0.39, 0.29) is 11.7 Å². The number of ether oxygens (including phenoxy) is 1. The lowest BCUT2D eigenvalue weighted by molar-refractivity contribution is -0.145. The first-order valence-corrected chi connectivity index (χ1v) is 9.76. The van der Waals surface area contributed by atoms with Crippen LogP contribution in [0.4, 0.5) is 5.69 Å². The van der Waals surface area contributed by atoms with Gasteiger partial charge in [-0.25, -0.2) is 9.79 Å². The zero-order valence-corrected chi connectivity index (χ0v) is 16.7. The molecule has 1 aliphatic rings. The minimum atomic E-state index is -1.01. The normalized spacial score (nSPS) is 17.4. The van der Waals surface area contributed by atoms with Gasteiger partial charge in [0.25, 0.3) is 5.91 Å². The molecule has 1 atom stereocenters. The molecule has 0 aromatic heterocycles. The van der Waals surface area contributed by atoms with E-state index in [9.17, 15) is 14.7 Å². The molecule has 0 bridgehead atoms. The third-order valence-corrected chi connectivity index (χ3v) is 5.02. The predicted octanol–water partition coefficient (Wildman–Crippen LogP) is 3.83. The van der Waals surface area contributed by atoms with Crippen molar-refractivity contribution < 1.29 is 24.5 Å². The second-order valence-electron chi connectivity index (χ2n) is 6.40. The van der Waals surface area contributed by atoms with Crippen molar-refractivity contribution in [2.45, 2.75) is 26.4 Å². The van der Waals surface area contributed by atoms with Gasteiger partial charge in [0.1, 0.15) is 17.2 Å². The van der Waals surface area contributed by atoms with E-state index in [0.717, 1.165) is 11.1 Å². The number of amidine groups is 1. The number of thioether (sulfide) groups is 1. The highest BCUT2D eigenvalue weighted by atomic mass is 32.2. The van der Waals surface area contributed by atoms with Gasteiger partial charge in [-0.1, -0.05) is 25.1 Å². The van der Waals surface area contributed by atoms with Crippen LogP contribution in [0.5, 0.6) is 11.5 Å². The SMILES string of the molecule is CCC(Oc1ccc(/C=C2/SC(=Nc3cc(C)ccc3O)NC2=O)cc1)C(=O)O. The molecule has 1 heterocycles. The van der Waals surface area contributed by atoms with E-state index >= 15 is 0 Å². The topological polar surface area (TPSA) is 108 Å². The van der Waals surface area contributed by atoms with Gasteiger partial charge in [0.05, 0.1) is 4.91 Å². The van der Waals surface area contributed by atoms with Gasteiger partial charge in [-0.15, -0.1) is 0 Å². The number of hydrogen-bond donors (Lipinski definition) is 3. The van der Waals surface area contributed by atoms with Gasteiger partial charge < -0.3 is 20.3 Å². The second-order valence-corrected chi connectivity index (χ2v) is 7.43. The number of nitrogens with zero attached hydrogens (tertiary/aromatic N) is 1. The Kier molecular flexibility index (Phi) is 6.23. The van der Waals surface area contributed by atoms with Gasteiger partial charge in [-0.2, -0.15) is 0 Å². The molecule has 0 saturated carbocycles. The maximum Gasteiger partial charge on any atom is 0.344 e. The van der Waals surface area contributed by atoms with Gasteiger partial charge in [-0.05, 0) is 66.6 Å². The van der Waals surface area contributed by atoms with Crippen molar-refractivity contribution in [3.63, 3.8) is 0 Å². The Hall–Kier alpha value is -3.26. The molecule has 3 N–H and O–H groups in total. The summed E-state index contributed by atoms with van der Waals surface area (Å²) in [7, 11) is 0. The standard InChI is InChI=1S/C21H20N2O5S/c1-3-17(20(26)27)28-14-7-5-13(6-8-14)11-18-19(25)23-21(29-18)22-15-10-12(2)4-9-16(15)24/h4-11,17,24H,3H2,1-2H3,(H,26,27)(H,22,23,25)/b18-11+. The van der Waals surface area contributed by atoms with Crippen LogP contribution in [0.25, 0.3) is 6.08 Å². The average Bonchev–Trinajstić information content (AvgIpc) is 3.02.